The summed E-state index contributed by atoms with van der Waals surface area (Å²) in [5.41, 5.74) is 6.46. The van der Waals surface area contributed by atoms with Crippen molar-refractivity contribution in [3.63, 3.8) is 0 Å². The molecule has 0 saturated carbocycles. The molecule has 0 fully saturated rings. The molecule has 6 rings (SSSR count). The van der Waals surface area contributed by atoms with Gasteiger partial charge in [-0.15, -0.1) is 0 Å². The second-order valence-corrected chi connectivity index (χ2v) is 13.7. The van der Waals surface area contributed by atoms with Crippen LogP contribution in [0.25, 0.3) is 22.0 Å². The molecule has 0 bridgehead atoms. The van der Waals surface area contributed by atoms with Gasteiger partial charge >= 0.3 is 0 Å². The van der Waals surface area contributed by atoms with Crippen molar-refractivity contribution >= 4 is 44.3 Å². The van der Waals surface area contributed by atoms with Gasteiger partial charge in [0.2, 0.25) is 23.0 Å². The first-order chi connectivity index (χ1) is 23.6. The number of nitrogens with one attached hydrogen (secondary N) is 3. The molecule has 0 spiro atoms. The molecule has 1 aliphatic heterocycles. The Morgan fingerprint density at radius 2 is 1.84 bits per heavy atom. The lowest BCUT2D eigenvalue weighted by atomic mass is 9.95. The van der Waals surface area contributed by atoms with Gasteiger partial charge in [0.15, 0.2) is 11.5 Å². The van der Waals surface area contributed by atoms with Crippen molar-refractivity contribution in [1.29, 1.82) is 0 Å². The zero-order chi connectivity index (χ0) is 35.0. The van der Waals surface area contributed by atoms with Gasteiger partial charge in [0.1, 0.15) is 6.04 Å². The van der Waals surface area contributed by atoms with E-state index in [1.807, 2.05) is 43.0 Å². The molecule has 2 amide bonds. The molecule has 11 heteroatoms. The van der Waals surface area contributed by atoms with E-state index in [1.54, 1.807) is 33.5 Å². The number of fused-ring (bicyclic) bond motifs is 6. The van der Waals surface area contributed by atoms with Gasteiger partial charge in [0.25, 0.3) is 0 Å². The smallest absolute Gasteiger partial charge is 0.245 e. The van der Waals surface area contributed by atoms with E-state index in [-0.39, 0.29) is 23.2 Å². The topological polar surface area (TPSA) is 122 Å². The van der Waals surface area contributed by atoms with Crippen LogP contribution in [0.1, 0.15) is 62.0 Å². The molecule has 2 heterocycles. The molecule has 258 valence electrons. The lowest BCUT2D eigenvalue weighted by Gasteiger charge is -2.33. The first-order valence-electron chi connectivity index (χ1n) is 16.7. The number of hydrogen-bond acceptors (Lipinski definition) is 7. The van der Waals surface area contributed by atoms with Crippen molar-refractivity contribution in [1.82, 2.24) is 15.2 Å². The van der Waals surface area contributed by atoms with Gasteiger partial charge in [-0.1, -0.05) is 38.5 Å². The van der Waals surface area contributed by atoms with Crippen molar-refractivity contribution in [2.24, 2.45) is 5.92 Å². The number of amides is 2. The monoisotopic (exact) mass is 730 g/mol. The average molecular weight is 732 g/mol. The van der Waals surface area contributed by atoms with Crippen LogP contribution in [0.2, 0.25) is 0 Å². The third-order valence-corrected chi connectivity index (χ3v) is 10.6. The summed E-state index contributed by atoms with van der Waals surface area (Å²) in [6.07, 6.45) is 2.61. The highest BCUT2D eigenvalue weighted by Crippen LogP contribution is 2.50. The number of nitrogens with zero attached hydrogens (tertiary/aromatic N) is 1. The highest BCUT2D eigenvalue weighted by Gasteiger charge is 2.33. The van der Waals surface area contributed by atoms with Crippen molar-refractivity contribution in [3.05, 3.63) is 79.5 Å². The summed E-state index contributed by atoms with van der Waals surface area (Å²) in [6.45, 7) is 6.61. The Hall–Kier alpha value is -4.51. The Labute approximate surface area is 294 Å². The number of hydrogen-bond donors (Lipinski definition) is 3. The van der Waals surface area contributed by atoms with E-state index in [0.717, 1.165) is 56.2 Å². The summed E-state index contributed by atoms with van der Waals surface area (Å²) in [7, 11) is 4.71. The number of halogens is 1. The number of para-hydroxylation sites is 1. The van der Waals surface area contributed by atoms with E-state index in [4.69, 9.17) is 14.2 Å². The Morgan fingerprint density at radius 3 is 2.53 bits per heavy atom. The van der Waals surface area contributed by atoms with E-state index in [9.17, 15) is 14.4 Å². The normalized spacial score (nSPS) is 16.4. The molecule has 1 aliphatic carbocycles. The quantitative estimate of drug-likeness (QED) is 0.179. The van der Waals surface area contributed by atoms with E-state index in [0.29, 0.717) is 54.4 Å². The first-order valence-corrected chi connectivity index (χ1v) is 17.5. The van der Waals surface area contributed by atoms with Crippen LogP contribution in [0.15, 0.2) is 51.7 Å². The maximum atomic E-state index is 14.3. The molecular formula is C38H43BrN4O6. The molecule has 0 unspecified atom stereocenters. The van der Waals surface area contributed by atoms with E-state index >= 15 is 0 Å². The second kappa shape index (κ2) is 14.2. The Morgan fingerprint density at radius 1 is 1.06 bits per heavy atom. The molecule has 3 aromatic carbocycles. The van der Waals surface area contributed by atoms with E-state index in [1.165, 1.54) is 6.92 Å². The van der Waals surface area contributed by atoms with Crippen LogP contribution in [-0.2, 0) is 29.0 Å². The highest BCUT2D eigenvalue weighted by atomic mass is 79.9. The molecule has 4 aromatic rings. The number of carbonyl (C=O) groups is 2. The van der Waals surface area contributed by atoms with Crippen LogP contribution in [0, 0.1) is 5.92 Å². The number of anilines is 1. The van der Waals surface area contributed by atoms with Gasteiger partial charge < -0.3 is 34.7 Å². The molecule has 2 aliphatic rings. The number of H-pyrrole nitrogens is 1. The summed E-state index contributed by atoms with van der Waals surface area (Å²) >= 11 is 3.65. The highest BCUT2D eigenvalue weighted by molar-refractivity contribution is 9.10. The second-order valence-electron chi connectivity index (χ2n) is 12.9. The number of rotatable bonds is 9. The standard InChI is InChI=1S/C38H43BrN4O6/c1-7-20(2)34(38(46)43-16-15-29-26(19-43)24-9-8-10-27(39)35(24)41-29)42-30-14-12-23-25(18-31(30)45)28(40-21(3)44)13-11-22-17-32(47-4)36(48-5)37(49-6)33(22)23/h8-10,12,14,17-18,20,28,34,41H,7,11,13,15-16,19H2,1-6H3,(H,40,44)(H,42,45)/t20-,28+,34+/m0/s1. The predicted molar refractivity (Wildman–Crippen MR) is 195 cm³/mol. The van der Waals surface area contributed by atoms with Gasteiger partial charge in [-0.3, -0.25) is 14.4 Å². The SMILES string of the molecule is CC[C@H](C)[C@@H](Nc1ccc2c(cc1=O)[C@H](NC(C)=O)CCc1cc(OC)c(OC)c(OC)c1-2)C(=O)N1CCc2[nH]c3c(Br)cccc3c2C1. The predicted octanol–water partition coefficient (Wildman–Crippen LogP) is 6.52. The number of aryl methyl sites for hydroxylation is 1. The fourth-order valence-electron chi connectivity index (χ4n) is 7.26. The summed E-state index contributed by atoms with van der Waals surface area (Å²) in [5.74, 6) is 1.15. The number of carbonyl (C=O) groups excluding carboxylic acids is 2. The fraction of sp³-hybridized carbons (Fsp3) is 0.395. The molecule has 49 heavy (non-hydrogen) atoms. The van der Waals surface area contributed by atoms with Gasteiger partial charge in [0, 0.05) is 53.1 Å². The van der Waals surface area contributed by atoms with Crippen molar-refractivity contribution < 1.29 is 23.8 Å². The molecule has 3 atom stereocenters. The number of methoxy groups -OCH3 is 3. The molecular weight excluding hydrogens is 688 g/mol. The van der Waals surface area contributed by atoms with Crippen LogP contribution >= 0.6 is 15.9 Å². The minimum Gasteiger partial charge on any atom is -0.493 e. The van der Waals surface area contributed by atoms with Crippen molar-refractivity contribution in [2.45, 2.75) is 65.1 Å². The minimum atomic E-state index is -0.629. The lowest BCUT2D eigenvalue weighted by Crippen LogP contribution is -2.48. The summed E-state index contributed by atoms with van der Waals surface area (Å²) in [5, 5.41) is 7.54. The number of aromatic nitrogens is 1. The molecule has 10 nitrogen and oxygen atoms in total. The Balaban J connectivity index is 1.41. The zero-order valence-corrected chi connectivity index (χ0v) is 30.4. The summed E-state index contributed by atoms with van der Waals surface area (Å²) < 4.78 is 18.3. The van der Waals surface area contributed by atoms with E-state index < -0.39 is 12.1 Å². The zero-order valence-electron chi connectivity index (χ0n) is 28.8. The number of aromatic amines is 1. The van der Waals surface area contributed by atoms with E-state index in [2.05, 4.69) is 37.6 Å². The molecule has 1 aromatic heterocycles. The summed E-state index contributed by atoms with van der Waals surface area (Å²) in [6, 6.07) is 12.2. The fourth-order valence-corrected chi connectivity index (χ4v) is 7.73. The third kappa shape index (κ3) is 6.36. The molecule has 0 saturated heterocycles. The first kappa shape index (κ1) is 34.4. The van der Waals surface area contributed by atoms with Crippen molar-refractivity contribution in [3.8, 4) is 28.4 Å². The Bertz CT molecular complexity index is 1990. The number of ether oxygens (including phenoxy) is 3. The number of benzene rings is 2. The van der Waals surface area contributed by atoms with Gasteiger partial charge in [-0.2, -0.15) is 0 Å². The maximum Gasteiger partial charge on any atom is 0.245 e. The third-order valence-electron chi connectivity index (χ3n) is 9.98. The van der Waals surface area contributed by atoms with Gasteiger partial charge in [-0.05, 0) is 75.6 Å². The van der Waals surface area contributed by atoms with Crippen LogP contribution in [0.4, 0.5) is 5.69 Å². The lowest BCUT2D eigenvalue weighted by molar-refractivity contribution is -0.134. The van der Waals surface area contributed by atoms with Gasteiger partial charge in [0.05, 0.1) is 38.6 Å². The molecule has 0 radical (unpaired) electrons. The van der Waals surface area contributed by atoms with Crippen LogP contribution in [-0.4, -0.2) is 55.6 Å². The molecule has 3 N–H and O–H groups in total. The van der Waals surface area contributed by atoms with Gasteiger partial charge in [-0.25, -0.2) is 0 Å². The average Bonchev–Trinajstić information content (AvgIpc) is 3.32. The van der Waals surface area contributed by atoms with Crippen LogP contribution in [0.5, 0.6) is 17.2 Å². The van der Waals surface area contributed by atoms with Crippen LogP contribution < -0.4 is 30.3 Å². The largest absolute Gasteiger partial charge is 0.493 e. The van der Waals surface area contributed by atoms with Crippen LogP contribution in [0.3, 0.4) is 0 Å². The summed E-state index contributed by atoms with van der Waals surface area (Å²) in [4.78, 5) is 46.2. The van der Waals surface area contributed by atoms with Crippen molar-refractivity contribution in [2.75, 3.05) is 33.2 Å². The minimum absolute atomic E-state index is 0.0446. The maximum absolute atomic E-state index is 14.3. The Kier molecular flexibility index (Phi) is 9.92.